The summed E-state index contributed by atoms with van der Waals surface area (Å²) in [4.78, 5) is 15.0. The fourth-order valence-corrected chi connectivity index (χ4v) is 3.75. The zero-order valence-corrected chi connectivity index (χ0v) is 15.2. The van der Waals surface area contributed by atoms with E-state index in [4.69, 9.17) is 0 Å². The van der Waals surface area contributed by atoms with Gasteiger partial charge in [0.05, 0.1) is 6.04 Å². The summed E-state index contributed by atoms with van der Waals surface area (Å²) >= 11 is 0. The Labute approximate surface area is 149 Å². The van der Waals surface area contributed by atoms with Crippen molar-refractivity contribution in [1.82, 2.24) is 4.90 Å². The quantitative estimate of drug-likeness (QED) is 0.873. The van der Waals surface area contributed by atoms with Gasteiger partial charge in [0, 0.05) is 17.7 Å². The Kier molecular flexibility index (Phi) is 5.40. The highest BCUT2D eigenvalue weighted by Gasteiger charge is 2.35. The van der Waals surface area contributed by atoms with Crippen LogP contribution in [0.3, 0.4) is 0 Å². The Morgan fingerprint density at radius 2 is 1.88 bits per heavy atom. The molecular weight excluding hydrogens is 312 g/mol. The number of aliphatic hydroxyl groups excluding tert-OH is 1. The van der Waals surface area contributed by atoms with Crippen LogP contribution < -0.4 is 5.32 Å². The summed E-state index contributed by atoms with van der Waals surface area (Å²) in [5.74, 6) is 0.0318. The van der Waals surface area contributed by atoms with Crippen LogP contribution in [0.5, 0.6) is 0 Å². The monoisotopic (exact) mass is 340 g/mol. The highest BCUT2D eigenvalue weighted by molar-refractivity contribution is 6.03. The summed E-state index contributed by atoms with van der Waals surface area (Å²) in [6, 6.07) is 13.9. The van der Waals surface area contributed by atoms with E-state index in [-0.39, 0.29) is 24.0 Å². The van der Waals surface area contributed by atoms with Gasteiger partial charge in [-0.25, -0.2) is 0 Å². The number of carbonyl (C=O) groups excluding carboxylic acids is 1. The Morgan fingerprint density at radius 1 is 1.20 bits per heavy atom. The second kappa shape index (κ2) is 7.54. The molecule has 25 heavy (non-hydrogen) atoms. The van der Waals surface area contributed by atoms with Gasteiger partial charge in [-0.15, -0.1) is 0 Å². The van der Waals surface area contributed by atoms with Crippen molar-refractivity contribution in [1.29, 1.82) is 0 Å². The average Bonchev–Trinajstić information content (AvgIpc) is 2.67. The lowest BCUT2D eigenvalue weighted by molar-refractivity contribution is -0.121. The smallest absolute Gasteiger partial charge is 0.241 e. The molecule has 0 aliphatic carbocycles. The molecule has 3 rings (SSSR count). The van der Waals surface area contributed by atoms with E-state index in [9.17, 15) is 9.90 Å². The van der Waals surface area contributed by atoms with Gasteiger partial charge in [-0.05, 0) is 56.1 Å². The summed E-state index contributed by atoms with van der Waals surface area (Å²) in [6.07, 6.45) is 2.89. The first-order chi connectivity index (χ1) is 12.1. The molecule has 1 atom stereocenters. The zero-order chi connectivity index (χ0) is 17.9. The van der Waals surface area contributed by atoms with Gasteiger partial charge in [0.2, 0.25) is 5.91 Å². The number of hydrogen-bond donors (Lipinski definition) is 2. The molecule has 1 fully saturated rings. The number of hydrogen-bond acceptors (Lipinski definition) is 3. The summed E-state index contributed by atoms with van der Waals surface area (Å²) in [6.45, 7) is 6.08. The lowest BCUT2D eigenvalue weighted by Gasteiger charge is -2.42. The number of carbonyl (C=O) groups is 1. The fourth-order valence-electron chi connectivity index (χ4n) is 3.75. The molecule has 0 aromatic heterocycles. The number of likely N-dealkylation sites (tertiary alicyclic amines) is 1. The van der Waals surface area contributed by atoms with Crippen LogP contribution in [0.15, 0.2) is 42.5 Å². The first-order valence-corrected chi connectivity index (χ1v) is 9.22. The summed E-state index contributed by atoms with van der Waals surface area (Å²) in [7, 11) is 0. The number of nitrogens with one attached hydrogen (secondary N) is 1. The summed E-state index contributed by atoms with van der Waals surface area (Å²) < 4.78 is 0. The molecule has 4 heteroatoms. The first-order valence-electron chi connectivity index (χ1n) is 9.22. The standard InChI is InChI=1S/C21H28N2O2/c1-3-21(15-24)11-13-23(14-12-21)16(2)20(25)22-19-10-6-8-17-7-4-5-9-18(17)19/h4-10,16,24H,3,11-15H2,1-2H3,(H,22,25). The van der Waals surface area contributed by atoms with E-state index >= 15 is 0 Å². The van der Waals surface area contributed by atoms with Crippen LogP contribution in [-0.2, 0) is 4.79 Å². The molecule has 1 heterocycles. The molecule has 2 aromatic carbocycles. The second-order valence-electron chi connectivity index (χ2n) is 7.24. The SMILES string of the molecule is CCC1(CO)CCN(C(C)C(=O)Nc2cccc3ccccc23)CC1. The van der Waals surface area contributed by atoms with Crippen molar-refractivity contribution in [2.45, 2.75) is 39.2 Å². The number of rotatable bonds is 5. The molecule has 1 unspecified atom stereocenters. The molecule has 0 bridgehead atoms. The van der Waals surface area contributed by atoms with Crippen LogP contribution >= 0.6 is 0 Å². The third-order valence-corrected chi connectivity index (χ3v) is 5.92. The normalized spacial score (nSPS) is 18.8. The Balaban J connectivity index is 1.67. The van der Waals surface area contributed by atoms with E-state index in [2.05, 4.69) is 29.3 Å². The molecule has 1 saturated heterocycles. The van der Waals surface area contributed by atoms with E-state index in [0.29, 0.717) is 0 Å². The maximum Gasteiger partial charge on any atom is 0.241 e. The summed E-state index contributed by atoms with van der Waals surface area (Å²) in [5.41, 5.74) is 0.910. The molecular formula is C21H28N2O2. The van der Waals surface area contributed by atoms with Gasteiger partial charge in [-0.1, -0.05) is 43.3 Å². The number of amides is 1. The Morgan fingerprint density at radius 3 is 2.56 bits per heavy atom. The minimum Gasteiger partial charge on any atom is -0.396 e. The molecule has 134 valence electrons. The van der Waals surface area contributed by atoms with Crippen LogP contribution in [0.4, 0.5) is 5.69 Å². The molecule has 1 aliphatic heterocycles. The van der Waals surface area contributed by atoms with E-state index in [1.807, 2.05) is 37.3 Å². The van der Waals surface area contributed by atoms with Gasteiger partial charge in [-0.2, -0.15) is 0 Å². The third kappa shape index (κ3) is 3.70. The molecule has 2 N–H and O–H groups in total. The maximum absolute atomic E-state index is 12.8. The number of nitrogens with zero attached hydrogens (tertiary/aromatic N) is 1. The van der Waals surface area contributed by atoms with E-state index < -0.39 is 0 Å². The van der Waals surface area contributed by atoms with Gasteiger partial charge in [-0.3, -0.25) is 9.69 Å². The van der Waals surface area contributed by atoms with Crippen molar-refractivity contribution in [3.63, 3.8) is 0 Å². The molecule has 2 aromatic rings. The van der Waals surface area contributed by atoms with Gasteiger partial charge in [0.15, 0.2) is 0 Å². The topological polar surface area (TPSA) is 52.6 Å². The Bertz CT molecular complexity index is 724. The van der Waals surface area contributed by atoms with Gasteiger partial charge in [0.25, 0.3) is 0 Å². The predicted molar refractivity (Wildman–Crippen MR) is 103 cm³/mol. The Hall–Kier alpha value is -1.91. The molecule has 0 saturated carbocycles. The molecule has 0 spiro atoms. The van der Waals surface area contributed by atoms with Crippen molar-refractivity contribution >= 4 is 22.4 Å². The largest absolute Gasteiger partial charge is 0.396 e. The second-order valence-corrected chi connectivity index (χ2v) is 7.24. The van der Waals surface area contributed by atoms with Crippen LogP contribution in [0.25, 0.3) is 10.8 Å². The van der Waals surface area contributed by atoms with E-state index in [1.54, 1.807) is 0 Å². The van der Waals surface area contributed by atoms with Crippen molar-refractivity contribution in [2.75, 3.05) is 25.0 Å². The molecule has 4 nitrogen and oxygen atoms in total. The third-order valence-electron chi connectivity index (χ3n) is 5.92. The van der Waals surface area contributed by atoms with Crippen molar-refractivity contribution in [2.24, 2.45) is 5.41 Å². The zero-order valence-electron chi connectivity index (χ0n) is 15.2. The van der Waals surface area contributed by atoms with Crippen LogP contribution in [0.1, 0.15) is 33.1 Å². The van der Waals surface area contributed by atoms with Gasteiger partial charge < -0.3 is 10.4 Å². The number of benzene rings is 2. The van der Waals surface area contributed by atoms with Crippen molar-refractivity contribution in [3.8, 4) is 0 Å². The summed E-state index contributed by atoms with van der Waals surface area (Å²) in [5, 5.41) is 15.0. The number of anilines is 1. The van der Waals surface area contributed by atoms with Crippen LogP contribution in [0, 0.1) is 5.41 Å². The molecule has 1 amide bonds. The fraction of sp³-hybridized carbons (Fsp3) is 0.476. The number of fused-ring (bicyclic) bond motifs is 1. The van der Waals surface area contributed by atoms with E-state index in [0.717, 1.165) is 48.8 Å². The highest BCUT2D eigenvalue weighted by Crippen LogP contribution is 2.35. The van der Waals surface area contributed by atoms with Crippen LogP contribution in [0.2, 0.25) is 0 Å². The van der Waals surface area contributed by atoms with Gasteiger partial charge >= 0.3 is 0 Å². The first kappa shape index (κ1) is 17.9. The van der Waals surface area contributed by atoms with Gasteiger partial charge in [0.1, 0.15) is 0 Å². The number of piperidine rings is 1. The van der Waals surface area contributed by atoms with Crippen LogP contribution in [-0.4, -0.2) is 41.7 Å². The number of aliphatic hydroxyl groups is 1. The minimum atomic E-state index is -0.174. The van der Waals surface area contributed by atoms with Crippen molar-refractivity contribution in [3.05, 3.63) is 42.5 Å². The molecule has 0 radical (unpaired) electrons. The molecule has 1 aliphatic rings. The predicted octanol–water partition coefficient (Wildman–Crippen LogP) is 3.65. The average molecular weight is 340 g/mol. The van der Waals surface area contributed by atoms with Crippen molar-refractivity contribution < 1.29 is 9.90 Å². The maximum atomic E-state index is 12.8. The highest BCUT2D eigenvalue weighted by atomic mass is 16.3. The lowest BCUT2D eigenvalue weighted by atomic mass is 9.76. The lowest BCUT2D eigenvalue weighted by Crippen LogP contribution is -2.49. The minimum absolute atomic E-state index is 0.0318. The van der Waals surface area contributed by atoms with E-state index in [1.165, 1.54) is 0 Å².